The number of Topliss-reactive ketones (excluding diaryl/α,β-unsaturated/α-hetero) is 1. The van der Waals surface area contributed by atoms with E-state index in [1.54, 1.807) is 32.0 Å². The van der Waals surface area contributed by atoms with E-state index in [2.05, 4.69) is 15.0 Å². The van der Waals surface area contributed by atoms with Gasteiger partial charge in [0.25, 0.3) is 5.88 Å². The number of pyridine rings is 3. The maximum absolute atomic E-state index is 15.3. The monoisotopic (exact) mass is 585 g/mol. The molecular formula is C33H29F2N3O5. The summed E-state index contributed by atoms with van der Waals surface area (Å²) in [6, 6.07) is 11.5. The van der Waals surface area contributed by atoms with Gasteiger partial charge >= 0.3 is 0 Å². The predicted molar refractivity (Wildman–Crippen MR) is 158 cm³/mol. The zero-order valence-electron chi connectivity index (χ0n) is 24.3. The molecule has 8 nitrogen and oxygen atoms in total. The number of ether oxygens (including phenoxy) is 3. The highest BCUT2D eigenvalue weighted by Crippen LogP contribution is 2.35. The smallest absolute Gasteiger partial charge is 0.257 e. The maximum atomic E-state index is 15.3. The Morgan fingerprint density at radius 2 is 1.74 bits per heavy atom. The van der Waals surface area contributed by atoms with Crippen molar-refractivity contribution in [3.05, 3.63) is 105 Å². The summed E-state index contributed by atoms with van der Waals surface area (Å²) in [7, 11) is 2.93. The highest BCUT2D eigenvalue weighted by Gasteiger charge is 2.23. The normalized spacial score (nSPS) is 11.0. The first-order chi connectivity index (χ1) is 20.6. The quantitative estimate of drug-likeness (QED) is 0.193. The number of hydrogen-bond acceptors (Lipinski definition) is 7. The van der Waals surface area contributed by atoms with Crippen LogP contribution in [0, 0.1) is 25.5 Å². The molecule has 0 aliphatic carbocycles. The second-order valence-corrected chi connectivity index (χ2v) is 9.96. The Bertz CT molecular complexity index is 1940. The number of fused-ring (bicyclic) bond motifs is 1. The number of hydrogen-bond donors (Lipinski definition) is 1. The van der Waals surface area contributed by atoms with Crippen molar-refractivity contribution in [1.29, 1.82) is 0 Å². The average Bonchev–Trinajstić information content (AvgIpc) is 2.98. The van der Waals surface area contributed by atoms with Crippen molar-refractivity contribution in [3.63, 3.8) is 0 Å². The Hall–Kier alpha value is -5.12. The summed E-state index contributed by atoms with van der Waals surface area (Å²) in [5, 5.41) is 0. The standard InChI is InChI=1S/C33H29F2N3O5/c1-6-23-30(32(40)29(18(3)37-23)21-9-8-20(34)13-17(21)2)25(39)15-19-7-10-26(22(35)14-19)43-27-11-12-36-24-16-28(41-4)33(42-5)38-31(24)27/h7-14,16H,6,15H2,1-5H3,(H,37,40). The van der Waals surface area contributed by atoms with Gasteiger partial charge in [0.2, 0.25) is 5.43 Å². The maximum Gasteiger partial charge on any atom is 0.257 e. The van der Waals surface area contributed by atoms with Crippen molar-refractivity contribution >= 4 is 16.8 Å². The molecule has 3 aromatic heterocycles. The third-order valence-electron chi connectivity index (χ3n) is 7.16. The van der Waals surface area contributed by atoms with E-state index in [9.17, 15) is 14.0 Å². The van der Waals surface area contributed by atoms with Crippen molar-refractivity contribution in [1.82, 2.24) is 15.0 Å². The summed E-state index contributed by atoms with van der Waals surface area (Å²) < 4.78 is 45.4. The zero-order valence-corrected chi connectivity index (χ0v) is 24.3. The third kappa shape index (κ3) is 5.68. The molecule has 1 N–H and O–H groups in total. The Morgan fingerprint density at radius 3 is 2.42 bits per heavy atom. The number of ketones is 1. The van der Waals surface area contributed by atoms with Crippen LogP contribution in [0.25, 0.3) is 22.2 Å². The van der Waals surface area contributed by atoms with Gasteiger partial charge in [0.05, 0.1) is 25.3 Å². The number of aryl methyl sites for hydroxylation is 3. The number of rotatable bonds is 9. The van der Waals surface area contributed by atoms with Gasteiger partial charge in [0, 0.05) is 41.7 Å². The molecule has 0 radical (unpaired) electrons. The minimum Gasteiger partial charge on any atom is -0.491 e. The number of aromatic amines is 1. The average molecular weight is 586 g/mol. The van der Waals surface area contributed by atoms with Crippen molar-refractivity contribution < 1.29 is 27.8 Å². The van der Waals surface area contributed by atoms with Crippen LogP contribution in [0.1, 0.15) is 39.8 Å². The highest BCUT2D eigenvalue weighted by molar-refractivity contribution is 5.99. The summed E-state index contributed by atoms with van der Waals surface area (Å²) in [5.41, 5.74) is 3.21. The van der Waals surface area contributed by atoms with Crippen LogP contribution in [0.3, 0.4) is 0 Å². The van der Waals surface area contributed by atoms with Crippen LogP contribution in [-0.2, 0) is 12.8 Å². The molecule has 0 unspecified atom stereocenters. The van der Waals surface area contributed by atoms with Crippen molar-refractivity contribution in [2.24, 2.45) is 0 Å². The number of benzene rings is 2. The number of carbonyl (C=O) groups is 1. The van der Waals surface area contributed by atoms with Crippen LogP contribution >= 0.6 is 0 Å². The second-order valence-electron chi connectivity index (χ2n) is 9.96. The highest BCUT2D eigenvalue weighted by atomic mass is 19.1. The lowest BCUT2D eigenvalue weighted by atomic mass is 9.93. The molecule has 0 aliphatic heterocycles. The fourth-order valence-electron chi connectivity index (χ4n) is 5.09. The molecule has 5 rings (SSSR count). The molecule has 2 aromatic carbocycles. The number of H-pyrrole nitrogens is 1. The fraction of sp³-hybridized carbons (Fsp3) is 0.212. The van der Waals surface area contributed by atoms with Gasteiger partial charge in [0.1, 0.15) is 11.3 Å². The summed E-state index contributed by atoms with van der Waals surface area (Å²) in [5.74, 6) is -0.812. The van der Waals surface area contributed by atoms with E-state index in [0.29, 0.717) is 56.8 Å². The summed E-state index contributed by atoms with van der Waals surface area (Å²) in [4.78, 5) is 39.1. The molecule has 43 heavy (non-hydrogen) atoms. The van der Waals surface area contributed by atoms with Crippen LogP contribution in [0.2, 0.25) is 0 Å². The van der Waals surface area contributed by atoms with E-state index in [4.69, 9.17) is 14.2 Å². The molecule has 0 saturated carbocycles. The number of methoxy groups -OCH3 is 2. The van der Waals surface area contributed by atoms with Crippen LogP contribution in [-0.4, -0.2) is 35.0 Å². The van der Waals surface area contributed by atoms with Gasteiger partial charge in [-0.1, -0.05) is 19.1 Å². The summed E-state index contributed by atoms with van der Waals surface area (Å²) in [6.45, 7) is 5.28. The molecule has 0 atom stereocenters. The Balaban J connectivity index is 1.45. The van der Waals surface area contributed by atoms with Crippen molar-refractivity contribution in [2.75, 3.05) is 14.2 Å². The van der Waals surface area contributed by atoms with E-state index in [1.807, 2.05) is 6.92 Å². The van der Waals surface area contributed by atoms with Crippen molar-refractivity contribution in [3.8, 4) is 34.3 Å². The first kappa shape index (κ1) is 29.4. The van der Waals surface area contributed by atoms with Gasteiger partial charge in [-0.25, -0.2) is 13.8 Å². The fourth-order valence-corrected chi connectivity index (χ4v) is 5.09. The topological polar surface area (TPSA) is 103 Å². The van der Waals surface area contributed by atoms with Gasteiger partial charge < -0.3 is 19.2 Å². The van der Waals surface area contributed by atoms with E-state index in [1.165, 1.54) is 50.7 Å². The number of carbonyl (C=O) groups excluding carboxylic acids is 1. The van der Waals surface area contributed by atoms with Gasteiger partial charge in [-0.3, -0.25) is 14.6 Å². The van der Waals surface area contributed by atoms with E-state index in [0.717, 1.165) is 0 Å². The predicted octanol–water partition coefficient (Wildman–Crippen LogP) is 6.68. The molecule has 0 bridgehead atoms. The molecule has 0 amide bonds. The Morgan fingerprint density at radius 1 is 0.953 bits per heavy atom. The lowest BCUT2D eigenvalue weighted by molar-refractivity contribution is 0.0990. The molecule has 5 aromatic rings. The lowest BCUT2D eigenvalue weighted by Crippen LogP contribution is -2.24. The molecule has 3 heterocycles. The van der Waals surface area contributed by atoms with Crippen molar-refractivity contribution in [2.45, 2.75) is 33.6 Å². The van der Waals surface area contributed by atoms with E-state index >= 15 is 4.39 Å². The van der Waals surface area contributed by atoms with E-state index < -0.39 is 22.8 Å². The molecule has 0 aliphatic rings. The summed E-state index contributed by atoms with van der Waals surface area (Å²) in [6.07, 6.45) is 1.70. The van der Waals surface area contributed by atoms with Crippen LogP contribution in [0.5, 0.6) is 23.1 Å². The molecule has 0 saturated heterocycles. The third-order valence-corrected chi connectivity index (χ3v) is 7.16. The number of nitrogens with one attached hydrogen (secondary N) is 1. The minimum absolute atomic E-state index is 0.00580. The first-order valence-electron chi connectivity index (χ1n) is 13.5. The molecule has 0 fully saturated rings. The number of aromatic nitrogens is 3. The SMILES string of the molecule is CCc1[nH]c(C)c(-c2ccc(F)cc2C)c(=O)c1C(=O)Cc1ccc(Oc2ccnc3cc(OC)c(OC)nc23)c(F)c1. The largest absolute Gasteiger partial charge is 0.491 e. The number of halogens is 2. The molecule has 220 valence electrons. The molecule has 0 spiro atoms. The van der Waals surface area contributed by atoms with E-state index in [-0.39, 0.29) is 29.4 Å². The second kappa shape index (κ2) is 12.0. The van der Waals surface area contributed by atoms with Crippen LogP contribution in [0.15, 0.2) is 59.5 Å². The summed E-state index contributed by atoms with van der Waals surface area (Å²) >= 11 is 0. The first-order valence-corrected chi connectivity index (χ1v) is 13.5. The van der Waals surface area contributed by atoms with Gasteiger partial charge in [-0.15, -0.1) is 0 Å². The van der Waals surface area contributed by atoms with Gasteiger partial charge in [0.15, 0.2) is 28.8 Å². The van der Waals surface area contributed by atoms with Crippen LogP contribution in [0.4, 0.5) is 8.78 Å². The van der Waals surface area contributed by atoms with Crippen LogP contribution < -0.4 is 19.6 Å². The molecule has 10 heteroatoms. The minimum atomic E-state index is -0.702. The number of nitrogens with zero attached hydrogens (tertiary/aromatic N) is 2. The van der Waals surface area contributed by atoms with Gasteiger partial charge in [-0.05, 0) is 61.2 Å². The lowest BCUT2D eigenvalue weighted by Gasteiger charge is -2.15. The zero-order chi connectivity index (χ0) is 30.8. The Kier molecular flexibility index (Phi) is 8.20. The van der Waals surface area contributed by atoms with Gasteiger partial charge in [-0.2, -0.15) is 0 Å². The Labute approximate surface area is 246 Å². The molecular weight excluding hydrogens is 556 g/mol.